The quantitative estimate of drug-likeness (QED) is 0.539. The van der Waals surface area contributed by atoms with Crippen LogP contribution < -0.4 is 0 Å². The van der Waals surface area contributed by atoms with Gasteiger partial charge in [-0.2, -0.15) is 4.39 Å². The van der Waals surface area contributed by atoms with Gasteiger partial charge in [-0.1, -0.05) is 17.7 Å². The molecule has 4 aromatic rings. The minimum Gasteiger partial charge on any atom is -0.346 e. The van der Waals surface area contributed by atoms with Crippen LogP contribution in [0.15, 0.2) is 49.1 Å². The third kappa shape index (κ3) is 3.41. The number of rotatable bonds is 4. The van der Waals surface area contributed by atoms with E-state index in [9.17, 15) is 8.78 Å². The summed E-state index contributed by atoms with van der Waals surface area (Å²) in [6.45, 7) is 0. The molecule has 0 atom stereocenters. The Balaban J connectivity index is 1.58. The summed E-state index contributed by atoms with van der Waals surface area (Å²) in [4.78, 5) is 15.0. The smallest absolute Gasteiger partial charge is 0.216 e. The van der Waals surface area contributed by atoms with Crippen LogP contribution in [-0.2, 0) is 12.8 Å². The number of fused-ring (bicyclic) bond motifs is 1. The molecule has 26 heavy (non-hydrogen) atoms. The van der Waals surface area contributed by atoms with Crippen LogP contribution in [0.2, 0.25) is 5.02 Å². The number of pyridine rings is 3. The van der Waals surface area contributed by atoms with Crippen LogP contribution in [0.4, 0.5) is 8.78 Å². The van der Waals surface area contributed by atoms with Gasteiger partial charge in [-0.05, 0) is 29.3 Å². The monoisotopic (exact) mass is 370 g/mol. The lowest BCUT2D eigenvalue weighted by molar-refractivity contribution is 0.564. The molecular weight excluding hydrogens is 358 g/mol. The minimum absolute atomic E-state index is 0.314. The first-order valence-electron chi connectivity index (χ1n) is 7.94. The Hall–Kier alpha value is -2.86. The Labute approximate surface area is 152 Å². The van der Waals surface area contributed by atoms with E-state index in [1.165, 1.54) is 6.07 Å². The average molecular weight is 371 g/mol. The zero-order chi connectivity index (χ0) is 18.1. The summed E-state index contributed by atoms with van der Waals surface area (Å²) in [7, 11) is 0. The van der Waals surface area contributed by atoms with Crippen molar-refractivity contribution in [3.05, 3.63) is 88.2 Å². The lowest BCUT2D eigenvalue weighted by Crippen LogP contribution is -2.01. The van der Waals surface area contributed by atoms with E-state index in [0.717, 1.165) is 17.1 Å². The number of hydrogen-bond acceptors (Lipinski definition) is 3. The molecule has 4 aromatic heterocycles. The summed E-state index contributed by atoms with van der Waals surface area (Å²) >= 11 is 6.00. The lowest BCUT2D eigenvalue weighted by atomic mass is 10.1. The minimum atomic E-state index is -0.545. The Morgan fingerprint density at radius 3 is 2.69 bits per heavy atom. The van der Waals surface area contributed by atoms with Crippen LogP contribution in [0.25, 0.3) is 11.0 Å². The molecule has 0 bridgehead atoms. The highest BCUT2D eigenvalue weighted by Gasteiger charge is 2.11. The summed E-state index contributed by atoms with van der Waals surface area (Å²) in [5, 5.41) is 1.38. The first kappa shape index (κ1) is 16.6. The molecule has 0 fully saturated rings. The number of halogens is 3. The number of nitrogens with zero attached hydrogens (tertiary/aromatic N) is 3. The highest BCUT2D eigenvalue weighted by molar-refractivity contribution is 6.31. The van der Waals surface area contributed by atoms with Crippen molar-refractivity contribution in [3.63, 3.8) is 0 Å². The fourth-order valence-corrected chi connectivity index (χ4v) is 3.03. The van der Waals surface area contributed by atoms with Gasteiger partial charge < -0.3 is 4.98 Å². The SMILES string of the molecule is Fc1cncc(Cc2ccc(Cc3c[nH]c4ncc(Cl)cc34)c(F)n2)c1. The zero-order valence-corrected chi connectivity index (χ0v) is 14.3. The number of hydrogen-bond donors (Lipinski definition) is 1. The second kappa shape index (κ2) is 6.80. The van der Waals surface area contributed by atoms with Crippen LogP contribution >= 0.6 is 11.6 Å². The van der Waals surface area contributed by atoms with Crippen molar-refractivity contribution in [2.45, 2.75) is 12.8 Å². The van der Waals surface area contributed by atoms with Crippen molar-refractivity contribution in [1.82, 2.24) is 19.9 Å². The van der Waals surface area contributed by atoms with Gasteiger partial charge in [0.25, 0.3) is 0 Å². The van der Waals surface area contributed by atoms with Crippen molar-refractivity contribution in [3.8, 4) is 0 Å². The second-order valence-corrected chi connectivity index (χ2v) is 6.42. The summed E-state index contributed by atoms with van der Waals surface area (Å²) in [5.74, 6) is -0.970. The van der Waals surface area contributed by atoms with Gasteiger partial charge in [-0.15, -0.1) is 0 Å². The first-order valence-corrected chi connectivity index (χ1v) is 8.31. The van der Waals surface area contributed by atoms with Gasteiger partial charge in [0.2, 0.25) is 5.95 Å². The van der Waals surface area contributed by atoms with Crippen LogP contribution in [0.3, 0.4) is 0 Å². The molecule has 0 saturated carbocycles. The van der Waals surface area contributed by atoms with Gasteiger partial charge in [-0.3, -0.25) is 4.98 Å². The molecule has 0 saturated heterocycles. The Morgan fingerprint density at radius 1 is 1.00 bits per heavy atom. The summed E-state index contributed by atoms with van der Waals surface area (Å²) < 4.78 is 27.7. The van der Waals surface area contributed by atoms with Crippen molar-refractivity contribution < 1.29 is 8.78 Å². The molecule has 0 radical (unpaired) electrons. The molecule has 130 valence electrons. The van der Waals surface area contributed by atoms with Crippen molar-refractivity contribution in [2.24, 2.45) is 0 Å². The van der Waals surface area contributed by atoms with E-state index in [-0.39, 0.29) is 0 Å². The molecule has 1 N–H and O–H groups in total. The number of aromatic amines is 1. The fourth-order valence-electron chi connectivity index (χ4n) is 2.88. The molecule has 0 spiro atoms. The highest BCUT2D eigenvalue weighted by Crippen LogP contribution is 2.23. The first-order chi connectivity index (χ1) is 12.6. The van der Waals surface area contributed by atoms with Gasteiger partial charge in [0.15, 0.2) is 0 Å². The van der Waals surface area contributed by atoms with E-state index < -0.39 is 11.8 Å². The summed E-state index contributed by atoms with van der Waals surface area (Å²) in [5.41, 5.74) is 3.21. The van der Waals surface area contributed by atoms with Gasteiger partial charge in [0.05, 0.1) is 11.2 Å². The predicted octanol–water partition coefficient (Wildman–Crippen LogP) is 4.47. The third-order valence-electron chi connectivity index (χ3n) is 4.09. The number of nitrogens with one attached hydrogen (secondary N) is 1. The van der Waals surface area contributed by atoms with Crippen LogP contribution in [0.1, 0.15) is 22.4 Å². The molecule has 4 rings (SSSR count). The summed E-state index contributed by atoms with van der Waals surface area (Å²) in [6.07, 6.45) is 6.70. The molecule has 4 heterocycles. The summed E-state index contributed by atoms with van der Waals surface area (Å²) in [6, 6.07) is 6.60. The Morgan fingerprint density at radius 2 is 1.88 bits per heavy atom. The van der Waals surface area contributed by atoms with Gasteiger partial charge in [-0.25, -0.2) is 14.4 Å². The molecule has 0 aliphatic heterocycles. The van der Waals surface area contributed by atoms with E-state index in [1.54, 1.807) is 36.8 Å². The molecule has 0 unspecified atom stereocenters. The predicted molar refractivity (Wildman–Crippen MR) is 95.1 cm³/mol. The van der Waals surface area contributed by atoms with E-state index >= 15 is 0 Å². The van der Waals surface area contributed by atoms with E-state index in [2.05, 4.69) is 19.9 Å². The van der Waals surface area contributed by atoms with Crippen LogP contribution in [-0.4, -0.2) is 19.9 Å². The maximum atomic E-state index is 14.5. The van der Waals surface area contributed by atoms with Gasteiger partial charge >= 0.3 is 0 Å². The second-order valence-electron chi connectivity index (χ2n) is 5.98. The van der Waals surface area contributed by atoms with Crippen molar-refractivity contribution >= 4 is 22.6 Å². The zero-order valence-electron chi connectivity index (χ0n) is 13.5. The highest BCUT2D eigenvalue weighted by atomic mass is 35.5. The van der Waals surface area contributed by atoms with Crippen molar-refractivity contribution in [1.29, 1.82) is 0 Å². The van der Waals surface area contributed by atoms with E-state index in [1.807, 2.05) is 0 Å². The molecular formula is C19H13ClF2N4. The molecule has 0 aliphatic carbocycles. The number of H-pyrrole nitrogens is 1. The average Bonchev–Trinajstić information content (AvgIpc) is 2.99. The molecule has 7 heteroatoms. The Bertz CT molecular complexity index is 1090. The normalized spacial score (nSPS) is 11.2. The topological polar surface area (TPSA) is 54.5 Å². The van der Waals surface area contributed by atoms with Gasteiger partial charge in [0.1, 0.15) is 11.5 Å². The van der Waals surface area contributed by atoms with Crippen LogP contribution in [0, 0.1) is 11.8 Å². The maximum absolute atomic E-state index is 14.5. The number of aromatic nitrogens is 4. The van der Waals surface area contributed by atoms with E-state index in [4.69, 9.17) is 11.6 Å². The fraction of sp³-hybridized carbons (Fsp3) is 0.105. The Kier molecular flexibility index (Phi) is 4.34. The van der Waals surface area contributed by atoms with Crippen LogP contribution in [0.5, 0.6) is 0 Å². The lowest BCUT2D eigenvalue weighted by Gasteiger charge is -2.06. The van der Waals surface area contributed by atoms with E-state index in [0.29, 0.717) is 40.3 Å². The molecule has 0 aliphatic rings. The third-order valence-corrected chi connectivity index (χ3v) is 4.30. The standard InChI is InChI=1S/C19H13ClF2N4/c20-14-6-17-13(8-24-19(17)25-9-14)5-12-1-2-16(26-18(12)22)4-11-3-15(21)10-23-7-11/h1-3,6-10H,4-5H2,(H,24,25). The largest absolute Gasteiger partial charge is 0.346 e. The molecule has 0 amide bonds. The molecule has 4 nitrogen and oxygen atoms in total. The molecule has 0 aromatic carbocycles. The van der Waals surface area contributed by atoms with Gasteiger partial charge in [0, 0.05) is 48.1 Å². The van der Waals surface area contributed by atoms with Crippen molar-refractivity contribution in [2.75, 3.05) is 0 Å². The maximum Gasteiger partial charge on any atom is 0.216 e.